The smallest absolute Gasteiger partial charge is 0.365 e. The molecule has 1 aliphatic rings. The van der Waals surface area contributed by atoms with E-state index in [1.54, 1.807) is 0 Å². The summed E-state index contributed by atoms with van der Waals surface area (Å²) in [7, 11) is 0. The lowest BCUT2D eigenvalue weighted by Gasteiger charge is -2.11. The number of imidazole rings is 1. The van der Waals surface area contributed by atoms with Crippen molar-refractivity contribution in [2.45, 2.75) is 37.8 Å². The average Bonchev–Trinajstić information content (AvgIpc) is 3.33. The molecular formula is C17H13F6N5. The fraction of sp³-hybridized carbons (Fsp3) is 0.353. The molecule has 1 aromatic carbocycles. The number of fused-ring (bicyclic) bond motifs is 1. The molecule has 11 heteroatoms. The van der Waals surface area contributed by atoms with Gasteiger partial charge >= 0.3 is 12.4 Å². The molecule has 0 radical (unpaired) electrons. The molecule has 3 aromatic rings. The minimum absolute atomic E-state index is 0.00555. The largest absolute Gasteiger partial charge is 0.451 e. The molecule has 5 nitrogen and oxygen atoms in total. The Labute approximate surface area is 154 Å². The van der Waals surface area contributed by atoms with Crippen LogP contribution in [0.25, 0.3) is 11.2 Å². The predicted molar refractivity (Wildman–Crippen MR) is 87.5 cm³/mol. The highest BCUT2D eigenvalue weighted by Gasteiger charge is 2.37. The number of nitrogens with one attached hydrogen (secondary N) is 1. The average molecular weight is 401 g/mol. The summed E-state index contributed by atoms with van der Waals surface area (Å²) < 4.78 is 78.9. The van der Waals surface area contributed by atoms with E-state index in [-0.39, 0.29) is 29.6 Å². The van der Waals surface area contributed by atoms with Crippen LogP contribution >= 0.6 is 0 Å². The van der Waals surface area contributed by atoms with Crippen LogP contribution in [-0.2, 0) is 18.9 Å². The van der Waals surface area contributed by atoms with Crippen molar-refractivity contribution in [1.82, 2.24) is 19.5 Å². The second-order valence-electron chi connectivity index (χ2n) is 6.55. The molecule has 0 amide bonds. The maximum atomic E-state index is 13.2. The SMILES string of the molecule is FC(F)(F)c1ccc(Cn2cnc3c(NC4CC4)nc(C(F)(F)F)nc32)cc1. The van der Waals surface area contributed by atoms with Crippen molar-refractivity contribution in [2.24, 2.45) is 0 Å². The van der Waals surface area contributed by atoms with Crippen LogP contribution in [-0.4, -0.2) is 25.6 Å². The van der Waals surface area contributed by atoms with Crippen molar-refractivity contribution in [2.75, 3.05) is 5.32 Å². The van der Waals surface area contributed by atoms with Gasteiger partial charge in [-0.15, -0.1) is 0 Å². The maximum Gasteiger partial charge on any atom is 0.451 e. The number of aromatic nitrogens is 4. The van der Waals surface area contributed by atoms with Gasteiger partial charge in [0, 0.05) is 6.04 Å². The Kier molecular flexibility index (Phi) is 4.20. The number of rotatable bonds is 4. The second kappa shape index (κ2) is 6.35. The van der Waals surface area contributed by atoms with Gasteiger partial charge in [0.25, 0.3) is 0 Å². The Hall–Kier alpha value is -2.85. The summed E-state index contributed by atoms with van der Waals surface area (Å²) in [6.45, 7) is 0.0197. The van der Waals surface area contributed by atoms with E-state index in [2.05, 4.69) is 20.3 Å². The van der Waals surface area contributed by atoms with Crippen LogP contribution < -0.4 is 5.32 Å². The van der Waals surface area contributed by atoms with Crippen molar-refractivity contribution >= 4 is 17.0 Å². The molecule has 2 aromatic heterocycles. The fourth-order valence-electron chi connectivity index (χ4n) is 2.70. The van der Waals surface area contributed by atoms with Gasteiger partial charge in [-0.25, -0.2) is 15.0 Å². The molecule has 0 aliphatic heterocycles. The van der Waals surface area contributed by atoms with Crippen LogP contribution in [0.3, 0.4) is 0 Å². The first kappa shape index (κ1) is 18.5. The van der Waals surface area contributed by atoms with Gasteiger partial charge in [0.1, 0.15) is 5.52 Å². The van der Waals surface area contributed by atoms with Crippen molar-refractivity contribution in [1.29, 1.82) is 0 Å². The van der Waals surface area contributed by atoms with E-state index in [9.17, 15) is 26.3 Å². The molecule has 1 saturated carbocycles. The van der Waals surface area contributed by atoms with Gasteiger partial charge in [-0.3, -0.25) is 0 Å². The summed E-state index contributed by atoms with van der Waals surface area (Å²) in [6, 6.07) is 4.43. The van der Waals surface area contributed by atoms with E-state index in [1.807, 2.05) is 0 Å². The number of hydrogen-bond donors (Lipinski definition) is 1. The van der Waals surface area contributed by atoms with Gasteiger partial charge < -0.3 is 9.88 Å². The number of alkyl halides is 6. The number of hydrogen-bond acceptors (Lipinski definition) is 4. The first-order chi connectivity index (χ1) is 13.1. The van der Waals surface area contributed by atoms with E-state index < -0.39 is 23.7 Å². The maximum absolute atomic E-state index is 13.2. The van der Waals surface area contributed by atoms with Crippen LogP contribution in [0.2, 0.25) is 0 Å². The minimum atomic E-state index is -4.74. The highest BCUT2D eigenvalue weighted by molar-refractivity contribution is 5.83. The lowest BCUT2D eigenvalue weighted by Crippen LogP contribution is -2.15. The quantitative estimate of drug-likeness (QED) is 0.655. The summed E-state index contributed by atoms with van der Waals surface area (Å²) in [5.74, 6) is -1.29. The van der Waals surface area contributed by atoms with Crippen molar-refractivity contribution < 1.29 is 26.3 Å². The third-order valence-corrected chi connectivity index (χ3v) is 4.27. The highest BCUT2D eigenvalue weighted by Crippen LogP contribution is 2.33. The zero-order valence-corrected chi connectivity index (χ0v) is 14.1. The summed E-state index contributed by atoms with van der Waals surface area (Å²) in [5, 5.41) is 2.92. The Morgan fingerprint density at radius 1 is 0.964 bits per heavy atom. The molecule has 0 atom stereocenters. The lowest BCUT2D eigenvalue weighted by molar-refractivity contribution is -0.144. The molecule has 148 valence electrons. The molecule has 28 heavy (non-hydrogen) atoms. The zero-order chi connectivity index (χ0) is 20.1. The van der Waals surface area contributed by atoms with Crippen LogP contribution in [0.5, 0.6) is 0 Å². The lowest BCUT2D eigenvalue weighted by atomic mass is 10.1. The van der Waals surface area contributed by atoms with E-state index in [1.165, 1.54) is 23.0 Å². The molecule has 0 unspecified atom stereocenters. The molecule has 1 aliphatic carbocycles. The molecule has 1 fully saturated rings. The fourth-order valence-corrected chi connectivity index (χ4v) is 2.70. The zero-order valence-electron chi connectivity index (χ0n) is 14.1. The van der Waals surface area contributed by atoms with Gasteiger partial charge in [-0.05, 0) is 30.5 Å². The van der Waals surface area contributed by atoms with E-state index in [4.69, 9.17) is 0 Å². The number of halogens is 6. The van der Waals surface area contributed by atoms with Crippen LogP contribution in [0, 0.1) is 0 Å². The van der Waals surface area contributed by atoms with Crippen molar-refractivity contribution in [3.05, 3.63) is 47.5 Å². The molecule has 4 rings (SSSR count). The summed E-state index contributed by atoms with van der Waals surface area (Å²) in [5.41, 5.74) is -0.183. The first-order valence-corrected chi connectivity index (χ1v) is 8.34. The summed E-state index contributed by atoms with van der Waals surface area (Å²) >= 11 is 0. The Morgan fingerprint density at radius 3 is 2.21 bits per heavy atom. The van der Waals surface area contributed by atoms with E-state index >= 15 is 0 Å². The molecule has 0 saturated heterocycles. The normalized spacial score (nSPS) is 15.2. The highest BCUT2D eigenvalue weighted by atomic mass is 19.4. The monoisotopic (exact) mass is 401 g/mol. The van der Waals surface area contributed by atoms with E-state index in [0.29, 0.717) is 5.56 Å². The van der Waals surface area contributed by atoms with Gasteiger partial charge in [-0.1, -0.05) is 12.1 Å². The van der Waals surface area contributed by atoms with Crippen LogP contribution in [0.15, 0.2) is 30.6 Å². The number of anilines is 1. The Morgan fingerprint density at radius 2 is 1.64 bits per heavy atom. The number of nitrogens with zero attached hydrogens (tertiary/aromatic N) is 4. The molecule has 0 bridgehead atoms. The summed E-state index contributed by atoms with van der Waals surface area (Å²) in [4.78, 5) is 11.3. The molecule has 0 spiro atoms. The second-order valence-corrected chi connectivity index (χ2v) is 6.55. The van der Waals surface area contributed by atoms with Gasteiger partial charge in [0.2, 0.25) is 5.82 Å². The van der Waals surface area contributed by atoms with Crippen LogP contribution in [0.1, 0.15) is 29.8 Å². The van der Waals surface area contributed by atoms with E-state index in [0.717, 1.165) is 25.0 Å². The van der Waals surface area contributed by atoms with Gasteiger partial charge in [0.05, 0.1) is 18.4 Å². The van der Waals surface area contributed by atoms with Crippen LogP contribution in [0.4, 0.5) is 32.2 Å². The van der Waals surface area contributed by atoms with Crippen molar-refractivity contribution in [3.63, 3.8) is 0 Å². The summed E-state index contributed by atoms with van der Waals surface area (Å²) in [6.07, 6.45) is -6.23. The van der Waals surface area contributed by atoms with Gasteiger partial charge in [-0.2, -0.15) is 26.3 Å². The topological polar surface area (TPSA) is 55.6 Å². The number of benzene rings is 1. The molecule has 2 heterocycles. The minimum Gasteiger partial charge on any atom is -0.365 e. The van der Waals surface area contributed by atoms with Gasteiger partial charge in [0.15, 0.2) is 11.5 Å². The third-order valence-electron chi connectivity index (χ3n) is 4.27. The first-order valence-electron chi connectivity index (χ1n) is 8.34. The van der Waals surface area contributed by atoms with Crippen molar-refractivity contribution in [3.8, 4) is 0 Å². The third kappa shape index (κ3) is 3.73. The Balaban J connectivity index is 1.71. The molecular weight excluding hydrogens is 388 g/mol. The molecule has 1 N–H and O–H groups in total. The predicted octanol–water partition coefficient (Wildman–Crippen LogP) is 4.49. The Bertz CT molecular complexity index is 1000. The standard InChI is InChI=1S/C17H13F6N5/c18-16(19,20)10-3-1-9(2-4-10)7-28-8-24-12-13(25-11-5-6-11)26-15(17(21,22)23)27-14(12)28/h1-4,8,11H,5-7H2,(H,25,26,27).